The van der Waals surface area contributed by atoms with Crippen molar-refractivity contribution in [2.24, 2.45) is 0 Å². The van der Waals surface area contributed by atoms with E-state index in [1.807, 2.05) is 0 Å². The fourth-order valence-electron chi connectivity index (χ4n) is 2.30. The lowest BCUT2D eigenvalue weighted by Crippen LogP contribution is -2.50. The Kier molecular flexibility index (Phi) is 6.60. The van der Waals surface area contributed by atoms with Gasteiger partial charge in [0.25, 0.3) is 5.91 Å². The Morgan fingerprint density at radius 2 is 2.00 bits per heavy atom. The van der Waals surface area contributed by atoms with Crippen molar-refractivity contribution < 1.29 is 23.9 Å². The molecule has 130 valence electrons. The molecule has 0 unspecified atom stereocenters. The van der Waals surface area contributed by atoms with E-state index in [1.165, 1.54) is 4.90 Å². The first-order valence-corrected chi connectivity index (χ1v) is 8.55. The monoisotopic (exact) mass is 398 g/mol. The molecule has 1 aliphatic heterocycles. The number of benzene rings is 1. The zero-order valence-electron chi connectivity index (χ0n) is 13.2. The number of alkyl halides is 1. The van der Waals surface area contributed by atoms with Crippen LogP contribution in [0.15, 0.2) is 30.3 Å². The van der Waals surface area contributed by atoms with E-state index < -0.39 is 24.2 Å². The minimum atomic E-state index is -0.844. The van der Waals surface area contributed by atoms with Crippen molar-refractivity contribution in [2.75, 3.05) is 19.7 Å². The molecule has 1 aliphatic rings. The van der Waals surface area contributed by atoms with Gasteiger partial charge in [-0.25, -0.2) is 9.59 Å². The van der Waals surface area contributed by atoms with Crippen molar-refractivity contribution in [1.29, 1.82) is 0 Å². The second-order valence-corrected chi connectivity index (χ2v) is 6.39. The molecule has 1 fully saturated rings. The highest BCUT2D eigenvalue weighted by molar-refractivity contribution is 9.09. The summed E-state index contributed by atoms with van der Waals surface area (Å²) in [4.78, 5) is 37.0. The van der Waals surface area contributed by atoms with Gasteiger partial charge in [-0.2, -0.15) is 0 Å². The van der Waals surface area contributed by atoms with Crippen LogP contribution in [-0.2, 0) is 9.47 Å². The van der Waals surface area contributed by atoms with Gasteiger partial charge in [-0.15, -0.1) is 0 Å². The van der Waals surface area contributed by atoms with Crippen molar-refractivity contribution in [3.63, 3.8) is 0 Å². The van der Waals surface area contributed by atoms with Crippen LogP contribution in [0.1, 0.15) is 23.7 Å². The minimum absolute atomic E-state index is 0.0965. The lowest BCUT2D eigenvalue weighted by molar-refractivity contribution is 0.0377. The molecule has 1 aromatic rings. The fourth-order valence-corrected chi connectivity index (χ4v) is 2.78. The molecule has 1 heterocycles. The van der Waals surface area contributed by atoms with Crippen LogP contribution in [-0.4, -0.2) is 53.6 Å². The molecule has 2 rings (SSSR count). The number of carbonyl (C=O) groups is 3. The third-order valence-corrected chi connectivity index (χ3v) is 4.56. The first kappa shape index (κ1) is 18.3. The number of nitrogens with one attached hydrogen (secondary N) is 1. The third kappa shape index (κ3) is 4.95. The molecule has 3 amide bonds. The Bertz CT molecular complexity index is 595. The smallest absolute Gasteiger partial charge is 0.414 e. The van der Waals surface area contributed by atoms with E-state index in [2.05, 4.69) is 21.2 Å². The van der Waals surface area contributed by atoms with Gasteiger partial charge in [-0.05, 0) is 25.5 Å². The summed E-state index contributed by atoms with van der Waals surface area (Å²) in [6.45, 7) is 2.73. The van der Waals surface area contributed by atoms with Crippen LogP contribution < -0.4 is 5.32 Å². The second kappa shape index (κ2) is 8.68. The van der Waals surface area contributed by atoms with E-state index in [0.29, 0.717) is 18.5 Å². The molecule has 1 aromatic carbocycles. The van der Waals surface area contributed by atoms with Crippen molar-refractivity contribution in [1.82, 2.24) is 10.2 Å². The summed E-state index contributed by atoms with van der Waals surface area (Å²) in [5, 5.41) is 2.18. The van der Waals surface area contributed by atoms with Crippen molar-refractivity contribution >= 4 is 34.0 Å². The SMILES string of the molecule is CCOC(=O)N1CC[C@H](Br)[C@@H](OC(=O)NC(=O)c2ccccc2)C1. The summed E-state index contributed by atoms with van der Waals surface area (Å²) in [5.74, 6) is -0.537. The number of rotatable bonds is 3. The highest BCUT2D eigenvalue weighted by Gasteiger charge is 2.33. The molecule has 0 radical (unpaired) electrons. The second-order valence-electron chi connectivity index (χ2n) is 5.21. The molecule has 0 bridgehead atoms. The summed E-state index contributed by atoms with van der Waals surface area (Å²) < 4.78 is 10.2. The van der Waals surface area contributed by atoms with Crippen molar-refractivity contribution in [3.05, 3.63) is 35.9 Å². The van der Waals surface area contributed by atoms with Crippen LogP contribution in [0.5, 0.6) is 0 Å². The van der Waals surface area contributed by atoms with Crippen molar-refractivity contribution in [2.45, 2.75) is 24.3 Å². The van der Waals surface area contributed by atoms with E-state index in [4.69, 9.17) is 9.47 Å². The first-order valence-electron chi connectivity index (χ1n) is 7.64. The van der Waals surface area contributed by atoms with Gasteiger partial charge in [0.1, 0.15) is 6.10 Å². The largest absolute Gasteiger partial charge is 0.450 e. The standard InChI is InChI=1S/C16H19BrN2O5/c1-2-23-16(22)19-9-8-12(17)13(10-19)24-15(21)18-14(20)11-6-4-3-5-7-11/h3-7,12-13H,2,8-10H2,1H3,(H,18,20,21)/t12-,13-/m0/s1. The zero-order valence-corrected chi connectivity index (χ0v) is 14.8. The average molecular weight is 399 g/mol. The molecular weight excluding hydrogens is 380 g/mol. The molecule has 2 atom stereocenters. The number of alkyl carbamates (subject to hydrolysis) is 1. The number of halogens is 1. The third-order valence-electron chi connectivity index (χ3n) is 3.51. The average Bonchev–Trinajstić information content (AvgIpc) is 2.57. The van der Waals surface area contributed by atoms with E-state index >= 15 is 0 Å². The lowest BCUT2D eigenvalue weighted by Gasteiger charge is -2.34. The molecule has 0 saturated carbocycles. The molecule has 7 nitrogen and oxygen atoms in total. The quantitative estimate of drug-likeness (QED) is 0.790. The topological polar surface area (TPSA) is 84.9 Å². The van der Waals surface area contributed by atoms with Crippen LogP contribution in [0.2, 0.25) is 0 Å². The Morgan fingerprint density at radius 3 is 2.67 bits per heavy atom. The number of hydrogen-bond acceptors (Lipinski definition) is 5. The van der Waals surface area contributed by atoms with Gasteiger partial charge in [0.05, 0.1) is 18.0 Å². The summed E-state index contributed by atoms with van der Waals surface area (Å²) >= 11 is 3.44. The molecule has 1 saturated heterocycles. The number of carbonyl (C=O) groups excluding carboxylic acids is 3. The molecule has 24 heavy (non-hydrogen) atoms. The van der Waals surface area contributed by atoms with E-state index in [0.717, 1.165) is 0 Å². The summed E-state index contributed by atoms with van der Waals surface area (Å²) in [6.07, 6.45) is -1.23. The van der Waals surface area contributed by atoms with Crippen LogP contribution in [0.4, 0.5) is 9.59 Å². The van der Waals surface area contributed by atoms with Gasteiger partial charge in [-0.1, -0.05) is 34.1 Å². The molecule has 0 aliphatic carbocycles. The molecule has 1 N–H and O–H groups in total. The predicted octanol–water partition coefficient (Wildman–Crippen LogP) is 2.55. The molecular formula is C16H19BrN2O5. The highest BCUT2D eigenvalue weighted by Crippen LogP contribution is 2.21. The predicted molar refractivity (Wildman–Crippen MR) is 90.1 cm³/mol. The maximum Gasteiger partial charge on any atom is 0.414 e. The minimum Gasteiger partial charge on any atom is -0.450 e. The highest BCUT2D eigenvalue weighted by atomic mass is 79.9. The summed E-state index contributed by atoms with van der Waals surface area (Å²) in [5.41, 5.74) is 0.363. The summed E-state index contributed by atoms with van der Waals surface area (Å²) in [6, 6.07) is 8.37. The number of likely N-dealkylation sites (tertiary alicyclic amines) is 1. The molecule has 0 spiro atoms. The van der Waals surface area contributed by atoms with Gasteiger partial charge < -0.3 is 14.4 Å². The fraction of sp³-hybridized carbons (Fsp3) is 0.438. The number of piperidine rings is 1. The van der Waals surface area contributed by atoms with Crippen molar-refractivity contribution in [3.8, 4) is 0 Å². The lowest BCUT2D eigenvalue weighted by atomic mass is 10.1. The first-order chi connectivity index (χ1) is 11.5. The summed E-state index contributed by atoms with van der Waals surface area (Å²) in [7, 11) is 0. The molecule has 0 aromatic heterocycles. The maximum atomic E-state index is 11.9. The zero-order chi connectivity index (χ0) is 17.5. The van der Waals surface area contributed by atoms with Crippen LogP contribution >= 0.6 is 15.9 Å². The van der Waals surface area contributed by atoms with Crippen LogP contribution in [0.25, 0.3) is 0 Å². The van der Waals surface area contributed by atoms with Gasteiger partial charge in [0.15, 0.2) is 0 Å². The van der Waals surface area contributed by atoms with E-state index in [1.54, 1.807) is 37.3 Å². The maximum absolute atomic E-state index is 11.9. The van der Waals surface area contributed by atoms with E-state index in [-0.39, 0.29) is 18.0 Å². The van der Waals surface area contributed by atoms with Gasteiger partial charge in [0, 0.05) is 12.1 Å². The Labute approximate surface area is 148 Å². The Morgan fingerprint density at radius 1 is 1.29 bits per heavy atom. The normalized spacial score (nSPS) is 20.2. The Balaban J connectivity index is 1.89. The number of hydrogen-bond donors (Lipinski definition) is 1. The number of amides is 3. The number of ether oxygens (including phenoxy) is 2. The number of imide groups is 1. The molecule has 8 heteroatoms. The van der Waals surface area contributed by atoms with Gasteiger partial charge >= 0.3 is 12.2 Å². The van der Waals surface area contributed by atoms with Crippen LogP contribution in [0, 0.1) is 0 Å². The number of nitrogens with zero attached hydrogens (tertiary/aromatic N) is 1. The Hall–Kier alpha value is -2.09. The van der Waals surface area contributed by atoms with Gasteiger partial charge in [0.2, 0.25) is 0 Å². The van der Waals surface area contributed by atoms with Crippen LogP contribution in [0.3, 0.4) is 0 Å². The van der Waals surface area contributed by atoms with E-state index in [9.17, 15) is 14.4 Å². The van der Waals surface area contributed by atoms with Gasteiger partial charge in [-0.3, -0.25) is 10.1 Å².